The molecule has 2 atom stereocenters. The summed E-state index contributed by atoms with van der Waals surface area (Å²) in [6, 6.07) is 16.9. The van der Waals surface area contributed by atoms with E-state index in [1.165, 1.54) is 11.1 Å². The van der Waals surface area contributed by atoms with E-state index in [2.05, 4.69) is 22.8 Å². The van der Waals surface area contributed by atoms with Crippen LogP contribution in [0.4, 0.5) is 0 Å². The molecular formula is C18H23Br2ClN2O. The second kappa shape index (κ2) is 10.4. The summed E-state index contributed by atoms with van der Waals surface area (Å²) in [6.07, 6.45) is 1.10. The van der Waals surface area contributed by atoms with Crippen LogP contribution >= 0.6 is 45.6 Å². The van der Waals surface area contributed by atoms with Gasteiger partial charge in [-0.25, -0.2) is 0 Å². The second-order valence-electron chi connectivity index (χ2n) is 5.57. The molecule has 0 aromatic heterocycles. The zero-order valence-electron chi connectivity index (χ0n) is 13.5. The minimum atomic E-state index is 0. The molecule has 0 unspecified atom stereocenters. The summed E-state index contributed by atoms with van der Waals surface area (Å²) in [6.45, 7) is 1.81. The number of hydrogen-bond acceptors (Lipinski definition) is 3. The summed E-state index contributed by atoms with van der Waals surface area (Å²) in [7, 11) is 1.71. The lowest BCUT2D eigenvalue weighted by Crippen LogP contribution is -2.34. The largest absolute Gasteiger partial charge is 0.496 e. The van der Waals surface area contributed by atoms with Crippen molar-refractivity contribution in [2.45, 2.75) is 25.0 Å². The molecule has 1 fully saturated rings. The van der Waals surface area contributed by atoms with Crippen molar-refractivity contribution in [3.8, 4) is 5.75 Å². The summed E-state index contributed by atoms with van der Waals surface area (Å²) >= 11 is 6.12. The van der Waals surface area contributed by atoms with Crippen LogP contribution < -0.4 is 15.4 Å². The minimum absolute atomic E-state index is 0. The van der Waals surface area contributed by atoms with Crippen LogP contribution in [0.25, 0.3) is 0 Å². The molecule has 6 heteroatoms. The van der Waals surface area contributed by atoms with Crippen LogP contribution in [-0.4, -0.2) is 19.7 Å². The lowest BCUT2D eigenvalue weighted by Gasteiger charge is -2.22. The monoisotopic (exact) mass is 476 g/mol. The molecule has 0 radical (unpaired) electrons. The topological polar surface area (TPSA) is 33.3 Å². The van der Waals surface area contributed by atoms with Gasteiger partial charge in [-0.05, 0) is 36.7 Å². The molecule has 132 valence electrons. The lowest BCUT2D eigenvalue weighted by atomic mass is 10.0. The van der Waals surface area contributed by atoms with Crippen molar-refractivity contribution >= 4 is 45.6 Å². The Balaban J connectivity index is 0.00000144. The molecule has 1 heterocycles. The van der Waals surface area contributed by atoms with Crippen molar-refractivity contribution in [3.63, 3.8) is 0 Å². The Kier molecular flexibility index (Phi) is 9.31. The molecule has 0 spiro atoms. The lowest BCUT2D eigenvalue weighted by molar-refractivity contribution is 0.401. The van der Waals surface area contributed by atoms with E-state index in [4.69, 9.17) is 16.3 Å². The molecule has 24 heavy (non-hydrogen) atoms. The zero-order valence-corrected chi connectivity index (χ0v) is 17.7. The van der Waals surface area contributed by atoms with Crippen LogP contribution in [0, 0.1) is 0 Å². The smallest absolute Gasteiger partial charge is 0.123 e. The van der Waals surface area contributed by atoms with Gasteiger partial charge in [-0.1, -0.05) is 41.9 Å². The first-order chi connectivity index (χ1) is 10.8. The Morgan fingerprint density at radius 1 is 1.17 bits per heavy atom. The first-order valence-electron chi connectivity index (χ1n) is 7.62. The average Bonchev–Trinajstić information content (AvgIpc) is 3.01. The van der Waals surface area contributed by atoms with Crippen LogP contribution in [0.1, 0.15) is 23.6 Å². The third-order valence-electron chi connectivity index (χ3n) is 4.18. The summed E-state index contributed by atoms with van der Waals surface area (Å²) in [5, 5.41) is 8.00. The number of rotatable bonds is 5. The highest BCUT2D eigenvalue weighted by Crippen LogP contribution is 2.26. The van der Waals surface area contributed by atoms with Crippen molar-refractivity contribution in [1.29, 1.82) is 0 Å². The number of halogens is 3. The normalized spacial score (nSPS) is 19.2. The van der Waals surface area contributed by atoms with Gasteiger partial charge < -0.3 is 15.4 Å². The van der Waals surface area contributed by atoms with E-state index in [1.807, 2.05) is 36.4 Å². The highest BCUT2D eigenvalue weighted by molar-refractivity contribution is 8.93. The average molecular weight is 479 g/mol. The maximum Gasteiger partial charge on any atom is 0.123 e. The van der Waals surface area contributed by atoms with E-state index < -0.39 is 0 Å². The molecule has 3 rings (SSSR count). The predicted molar refractivity (Wildman–Crippen MR) is 111 cm³/mol. The number of nitrogens with one attached hydrogen (secondary N) is 2. The number of ether oxygens (including phenoxy) is 1. The quantitative estimate of drug-likeness (QED) is 0.654. The molecule has 2 aromatic carbocycles. The molecule has 0 amide bonds. The van der Waals surface area contributed by atoms with Gasteiger partial charge in [0.05, 0.1) is 7.11 Å². The number of para-hydroxylation sites is 1. The molecule has 2 aromatic rings. The van der Waals surface area contributed by atoms with E-state index in [9.17, 15) is 0 Å². The molecule has 1 aliphatic rings. The van der Waals surface area contributed by atoms with Crippen molar-refractivity contribution in [1.82, 2.24) is 10.6 Å². The first-order valence-corrected chi connectivity index (χ1v) is 8.00. The van der Waals surface area contributed by atoms with Crippen molar-refractivity contribution in [2.75, 3.05) is 13.7 Å². The third kappa shape index (κ3) is 5.20. The SMILES string of the molecule is Br.Br.COc1ccccc1CN[C@@H]1CCN[C@@H]1c1cccc(Cl)c1. The fourth-order valence-corrected chi connectivity index (χ4v) is 3.26. The number of methoxy groups -OCH3 is 1. The van der Waals surface area contributed by atoms with Crippen molar-refractivity contribution in [2.24, 2.45) is 0 Å². The summed E-state index contributed by atoms with van der Waals surface area (Å²) in [4.78, 5) is 0. The second-order valence-corrected chi connectivity index (χ2v) is 6.01. The van der Waals surface area contributed by atoms with Gasteiger partial charge in [0, 0.05) is 29.2 Å². The van der Waals surface area contributed by atoms with Crippen LogP contribution in [0.5, 0.6) is 5.75 Å². The van der Waals surface area contributed by atoms with Gasteiger partial charge >= 0.3 is 0 Å². The molecule has 1 aliphatic heterocycles. The van der Waals surface area contributed by atoms with E-state index >= 15 is 0 Å². The maximum atomic E-state index is 6.12. The van der Waals surface area contributed by atoms with Crippen LogP contribution in [0.15, 0.2) is 48.5 Å². The molecular weight excluding hydrogens is 455 g/mol. The fraction of sp³-hybridized carbons (Fsp3) is 0.333. The predicted octanol–water partition coefficient (Wildman–Crippen LogP) is 4.70. The van der Waals surface area contributed by atoms with Crippen LogP contribution in [0.2, 0.25) is 5.02 Å². The Morgan fingerprint density at radius 2 is 1.96 bits per heavy atom. The minimum Gasteiger partial charge on any atom is -0.496 e. The van der Waals surface area contributed by atoms with Gasteiger partial charge in [0.15, 0.2) is 0 Å². The highest BCUT2D eigenvalue weighted by Gasteiger charge is 2.27. The number of hydrogen-bond donors (Lipinski definition) is 2. The van der Waals surface area contributed by atoms with Gasteiger partial charge in [0.2, 0.25) is 0 Å². The Morgan fingerprint density at radius 3 is 2.71 bits per heavy atom. The van der Waals surface area contributed by atoms with Gasteiger partial charge in [-0.2, -0.15) is 0 Å². The van der Waals surface area contributed by atoms with E-state index in [0.29, 0.717) is 12.1 Å². The standard InChI is InChI=1S/C18H21ClN2O.2BrH/c1-22-17-8-3-2-5-14(17)12-21-16-9-10-20-18(16)13-6-4-7-15(19)11-13;;/h2-8,11,16,18,20-21H,9-10,12H2,1H3;2*1H/t16-,18-;;/m1../s1. The van der Waals surface area contributed by atoms with E-state index in [0.717, 1.165) is 30.3 Å². The summed E-state index contributed by atoms with van der Waals surface area (Å²) in [5.41, 5.74) is 2.42. The zero-order chi connectivity index (χ0) is 15.4. The Hall–Kier alpha value is -0.590. The Bertz CT molecular complexity index is 642. The van der Waals surface area contributed by atoms with E-state index in [1.54, 1.807) is 7.11 Å². The van der Waals surface area contributed by atoms with Gasteiger partial charge in [-0.15, -0.1) is 34.0 Å². The third-order valence-corrected chi connectivity index (χ3v) is 4.41. The van der Waals surface area contributed by atoms with E-state index in [-0.39, 0.29) is 34.0 Å². The van der Waals surface area contributed by atoms with Gasteiger partial charge in [0.1, 0.15) is 5.75 Å². The Labute approximate surface area is 169 Å². The van der Waals surface area contributed by atoms with Gasteiger partial charge in [0.25, 0.3) is 0 Å². The van der Waals surface area contributed by atoms with Crippen LogP contribution in [0.3, 0.4) is 0 Å². The molecule has 0 bridgehead atoms. The summed E-state index contributed by atoms with van der Waals surface area (Å²) in [5.74, 6) is 0.931. The molecule has 1 saturated heterocycles. The van der Waals surface area contributed by atoms with Crippen molar-refractivity contribution < 1.29 is 4.74 Å². The number of benzene rings is 2. The molecule has 0 aliphatic carbocycles. The van der Waals surface area contributed by atoms with Gasteiger partial charge in [-0.3, -0.25) is 0 Å². The van der Waals surface area contributed by atoms with Crippen LogP contribution in [-0.2, 0) is 6.54 Å². The fourth-order valence-electron chi connectivity index (χ4n) is 3.06. The van der Waals surface area contributed by atoms with Crippen molar-refractivity contribution in [3.05, 3.63) is 64.7 Å². The first kappa shape index (κ1) is 21.5. The maximum absolute atomic E-state index is 6.12. The molecule has 3 nitrogen and oxygen atoms in total. The summed E-state index contributed by atoms with van der Waals surface area (Å²) < 4.78 is 5.41. The highest BCUT2D eigenvalue weighted by atomic mass is 79.9. The molecule has 2 N–H and O–H groups in total. The molecule has 0 saturated carbocycles.